The van der Waals surface area contributed by atoms with Crippen molar-refractivity contribution >= 4 is 70.3 Å². The van der Waals surface area contributed by atoms with Crippen LogP contribution in [0.2, 0.25) is 25.7 Å². The van der Waals surface area contributed by atoms with Gasteiger partial charge in [0.25, 0.3) is 5.91 Å². The molecule has 1 aliphatic heterocycles. The number of aromatic nitrogens is 3. The highest BCUT2D eigenvalue weighted by Crippen LogP contribution is 2.35. The van der Waals surface area contributed by atoms with Crippen molar-refractivity contribution in [3.63, 3.8) is 0 Å². The Morgan fingerprint density at radius 3 is 2.62 bits per heavy atom. The maximum atomic E-state index is 12.7. The summed E-state index contributed by atoms with van der Waals surface area (Å²) in [6.45, 7) is 8.13. The summed E-state index contributed by atoms with van der Waals surface area (Å²) in [5, 5.41) is 8.85. The minimum atomic E-state index is -1.18. The van der Waals surface area contributed by atoms with Gasteiger partial charge in [0, 0.05) is 53.8 Å². The van der Waals surface area contributed by atoms with Crippen LogP contribution in [-0.4, -0.2) is 35.4 Å². The molecule has 0 atom stereocenters. The summed E-state index contributed by atoms with van der Waals surface area (Å²) < 4.78 is 8.89. The van der Waals surface area contributed by atoms with E-state index in [1.165, 1.54) is 0 Å². The zero-order chi connectivity index (χ0) is 26.0. The fourth-order valence-corrected chi connectivity index (χ4v) is 5.30. The van der Waals surface area contributed by atoms with Crippen LogP contribution in [0.1, 0.15) is 22.4 Å². The maximum absolute atomic E-state index is 12.7. The third kappa shape index (κ3) is 5.98. The quantitative estimate of drug-likeness (QED) is 0.138. The number of nitrogens with zero attached hydrogens (tertiary/aromatic N) is 3. The fraction of sp³-hybridized carbons (Fsp3) is 0.207. The molecule has 0 unspecified atom stereocenters. The Kier molecular flexibility index (Phi) is 7.23. The van der Waals surface area contributed by atoms with Crippen molar-refractivity contribution in [1.82, 2.24) is 14.8 Å². The van der Waals surface area contributed by atoms with E-state index in [1.807, 2.05) is 59.3 Å². The number of carbonyl (C=O) groups is 1. The Balaban J connectivity index is 1.50. The van der Waals surface area contributed by atoms with Crippen molar-refractivity contribution < 1.29 is 9.53 Å². The van der Waals surface area contributed by atoms with Crippen LogP contribution >= 0.6 is 15.9 Å². The van der Waals surface area contributed by atoms with Crippen LogP contribution in [0.15, 0.2) is 65.4 Å². The lowest BCUT2D eigenvalue weighted by Gasteiger charge is -2.15. The molecule has 4 aromatic rings. The molecule has 37 heavy (non-hydrogen) atoms. The molecule has 3 heterocycles. The van der Waals surface area contributed by atoms with Crippen molar-refractivity contribution in [1.29, 1.82) is 0 Å². The van der Waals surface area contributed by atoms with E-state index < -0.39 is 8.07 Å². The van der Waals surface area contributed by atoms with E-state index >= 15 is 0 Å². The second kappa shape index (κ2) is 10.6. The summed E-state index contributed by atoms with van der Waals surface area (Å²) in [5.41, 5.74) is 6.18. The van der Waals surface area contributed by atoms with Gasteiger partial charge in [-0.15, -0.1) is 0 Å². The molecule has 0 radical (unpaired) electrons. The smallest absolute Gasteiger partial charge is 0.256 e. The first kappa shape index (κ1) is 25.3. The number of pyridine rings is 1. The molecule has 0 aliphatic carbocycles. The molecular weight excluding hydrogens is 544 g/mol. The molecule has 0 saturated carbocycles. The van der Waals surface area contributed by atoms with E-state index in [4.69, 9.17) is 9.84 Å². The number of anilines is 1. The number of rotatable bonds is 8. The number of carbonyl (C=O) groups excluding carboxylic acids is 1. The Labute approximate surface area is 226 Å². The fourth-order valence-electron chi connectivity index (χ4n) is 4.18. The zero-order valence-corrected chi connectivity index (χ0v) is 23.7. The molecular formula is C29H29BrN4O2Si. The maximum Gasteiger partial charge on any atom is 0.256 e. The molecule has 8 heteroatoms. The van der Waals surface area contributed by atoms with Crippen molar-refractivity contribution in [3.8, 4) is 0 Å². The molecule has 2 aromatic carbocycles. The van der Waals surface area contributed by atoms with Crippen LogP contribution in [0.4, 0.5) is 5.69 Å². The van der Waals surface area contributed by atoms with Gasteiger partial charge in [-0.2, -0.15) is 5.10 Å². The number of hydrogen-bond donors (Lipinski definition) is 1. The first-order valence-corrected chi connectivity index (χ1v) is 16.8. The van der Waals surface area contributed by atoms with Crippen molar-refractivity contribution in [2.24, 2.45) is 0 Å². The first-order chi connectivity index (χ1) is 17.8. The lowest BCUT2D eigenvalue weighted by Crippen LogP contribution is -2.22. The third-order valence-corrected chi connectivity index (χ3v) is 8.43. The second-order valence-corrected chi connectivity index (χ2v) is 16.9. The Morgan fingerprint density at radius 2 is 1.84 bits per heavy atom. The highest BCUT2D eigenvalue weighted by atomic mass is 79.9. The number of amides is 1. The standard InChI is InChI=1S/C29H29BrN4O2Si/c1-37(2,3)15-14-36-19-34-28-17-21(16-25-24-18-22(30)6-9-26(24)32-29(25)35)4-7-23(28)27(33-34)8-5-20-10-12-31-13-11-20/h4-13,16-18H,14-15,19H2,1-3H3,(H,32,35)/b8-5+,25-16+. The normalized spacial score (nSPS) is 14.6. The molecule has 0 bridgehead atoms. The van der Waals surface area contributed by atoms with Gasteiger partial charge in [0.1, 0.15) is 6.73 Å². The molecule has 1 N–H and O–H groups in total. The third-order valence-electron chi connectivity index (χ3n) is 6.23. The van der Waals surface area contributed by atoms with Gasteiger partial charge in [-0.3, -0.25) is 9.78 Å². The molecule has 1 amide bonds. The van der Waals surface area contributed by atoms with Crippen molar-refractivity contribution in [3.05, 3.63) is 87.8 Å². The summed E-state index contributed by atoms with van der Waals surface area (Å²) in [5.74, 6) is -0.0997. The molecule has 188 valence electrons. The average molecular weight is 574 g/mol. The van der Waals surface area contributed by atoms with Gasteiger partial charge < -0.3 is 10.1 Å². The summed E-state index contributed by atoms with van der Waals surface area (Å²) in [7, 11) is -1.18. The van der Waals surface area contributed by atoms with E-state index in [0.29, 0.717) is 12.3 Å². The Bertz CT molecular complexity index is 1520. The van der Waals surface area contributed by atoms with Gasteiger partial charge >= 0.3 is 0 Å². The molecule has 0 saturated heterocycles. The molecule has 2 aromatic heterocycles. The van der Waals surface area contributed by atoms with Gasteiger partial charge in [-0.1, -0.05) is 47.7 Å². The highest BCUT2D eigenvalue weighted by molar-refractivity contribution is 9.10. The highest BCUT2D eigenvalue weighted by Gasteiger charge is 2.24. The van der Waals surface area contributed by atoms with Gasteiger partial charge in [0.05, 0.1) is 11.2 Å². The number of hydrogen-bond acceptors (Lipinski definition) is 4. The first-order valence-electron chi connectivity index (χ1n) is 12.3. The summed E-state index contributed by atoms with van der Waals surface area (Å²) in [6, 6.07) is 17.0. The van der Waals surface area contributed by atoms with Gasteiger partial charge in [0.2, 0.25) is 0 Å². The monoisotopic (exact) mass is 572 g/mol. The van der Waals surface area contributed by atoms with Crippen LogP contribution < -0.4 is 5.32 Å². The lowest BCUT2D eigenvalue weighted by molar-refractivity contribution is -0.110. The van der Waals surface area contributed by atoms with Gasteiger partial charge in [-0.25, -0.2) is 4.68 Å². The van der Waals surface area contributed by atoms with E-state index in [0.717, 1.165) is 56.1 Å². The SMILES string of the molecule is C[Si](C)(C)CCOCn1nc(/C=C/c2ccncc2)c2ccc(/C=C3/C(=O)Nc4ccc(Br)cc43)cc21. The number of fused-ring (bicyclic) bond motifs is 2. The largest absolute Gasteiger partial charge is 0.360 e. The number of nitrogens with one attached hydrogen (secondary N) is 1. The molecule has 0 spiro atoms. The Morgan fingerprint density at radius 1 is 1.03 bits per heavy atom. The van der Waals surface area contributed by atoms with Crippen LogP contribution in [-0.2, 0) is 16.3 Å². The van der Waals surface area contributed by atoms with Crippen LogP contribution in [0.25, 0.3) is 34.7 Å². The van der Waals surface area contributed by atoms with Crippen LogP contribution in [0.3, 0.4) is 0 Å². The average Bonchev–Trinajstić information content (AvgIpc) is 3.37. The molecule has 5 rings (SSSR count). The van der Waals surface area contributed by atoms with Crippen molar-refractivity contribution in [2.45, 2.75) is 32.4 Å². The minimum Gasteiger partial charge on any atom is -0.360 e. The van der Waals surface area contributed by atoms with Crippen LogP contribution in [0, 0.1) is 0 Å². The lowest BCUT2D eigenvalue weighted by atomic mass is 10.0. The molecule has 0 fully saturated rings. The zero-order valence-electron chi connectivity index (χ0n) is 21.2. The second-order valence-electron chi connectivity index (χ2n) is 10.3. The van der Waals surface area contributed by atoms with Crippen LogP contribution in [0.5, 0.6) is 0 Å². The Hall–Kier alpha value is -3.33. The van der Waals surface area contributed by atoms with Gasteiger partial charge in [-0.05, 0) is 71.8 Å². The van der Waals surface area contributed by atoms with E-state index in [-0.39, 0.29) is 5.91 Å². The summed E-state index contributed by atoms with van der Waals surface area (Å²) >= 11 is 3.52. The van der Waals surface area contributed by atoms with E-state index in [1.54, 1.807) is 12.4 Å². The number of benzene rings is 2. The van der Waals surface area contributed by atoms with Crippen molar-refractivity contribution in [2.75, 3.05) is 11.9 Å². The summed E-state index contributed by atoms with van der Waals surface area (Å²) in [4.78, 5) is 16.8. The minimum absolute atomic E-state index is 0.0997. The van der Waals surface area contributed by atoms with E-state index in [2.05, 4.69) is 58.0 Å². The predicted octanol–water partition coefficient (Wildman–Crippen LogP) is 7.17. The molecule has 6 nitrogen and oxygen atoms in total. The predicted molar refractivity (Wildman–Crippen MR) is 158 cm³/mol. The summed E-state index contributed by atoms with van der Waals surface area (Å²) in [6.07, 6.45) is 9.54. The molecule has 1 aliphatic rings. The number of halogens is 1. The van der Waals surface area contributed by atoms with Gasteiger partial charge in [0.15, 0.2) is 0 Å². The van der Waals surface area contributed by atoms with E-state index in [9.17, 15) is 4.79 Å². The number of ether oxygens (including phenoxy) is 1. The topological polar surface area (TPSA) is 69.0 Å².